The third-order valence-electron chi connectivity index (χ3n) is 6.36. The lowest BCUT2D eigenvalue weighted by Gasteiger charge is -2.28. The van der Waals surface area contributed by atoms with Crippen LogP contribution in [0.5, 0.6) is 0 Å². The predicted octanol–water partition coefficient (Wildman–Crippen LogP) is 5.85. The fraction of sp³-hybridized carbons (Fsp3) is 0.923. The van der Waals surface area contributed by atoms with Crippen LogP contribution in [0.15, 0.2) is 12.2 Å². The minimum Gasteiger partial charge on any atom is -0.389 e. The molecule has 0 amide bonds. The molecule has 0 radical (unpaired) electrons. The standard InChI is InChI=1S/C26H51NO3/c1-4-5-6-7-8-9-10-11-12-13-14-15-16-17-18-19-20-30-22-24-26(29)25(28)21-27(24)23(2)3/h11-12,23-26,28-29H,4-10,13-22H2,1-3H3/b12-11-/t24-,25+,26-/m1/s1. The molecule has 0 bridgehead atoms. The van der Waals surface area contributed by atoms with Gasteiger partial charge in [-0.25, -0.2) is 0 Å². The van der Waals surface area contributed by atoms with E-state index in [0.717, 1.165) is 13.0 Å². The smallest absolute Gasteiger partial charge is 0.0988 e. The van der Waals surface area contributed by atoms with Gasteiger partial charge in [0.1, 0.15) is 0 Å². The SMILES string of the molecule is CCCCCCCC/C=C\CCCCCCCCOC[C@@H]1[C@@H](O)[C@@H](O)CN1C(C)C. The monoisotopic (exact) mass is 425 g/mol. The fourth-order valence-corrected chi connectivity index (χ4v) is 4.36. The van der Waals surface area contributed by atoms with Crippen LogP contribution in [-0.2, 0) is 4.74 Å². The van der Waals surface area contributed by atoms with E-state index in [1.54, 1.807) is 0 Å². The number of aliphatic hydroxyl groups excluding tert-OH is 2. The molecule has 1 saturated heterocycles. The summed E-state index contributed by atoms with van der Waals surface area (Å²) < 4.78 is 5.81. The molecule has 0 unspecified atom stereocenters. The minimum absolute atomic E-state index is 0.0749. The highest BCUT2D eigenvalue weighted by atomic mass is 16.5. The Hall–Kier alpha value is -0.420. The topological polar surface area (TPSA) is 52.9 Å². The van der Waals surface area contributed by atoms with Gasteiger partial charge < -0.3 is 14.9 Å². The van der Waals surface area contributed by atoms with E-state index in [1.165, 1.54) is 83.5 Å². The van der Waals surface area contributed by atoms with Gasteiger partial charge in [-0.15, -0.1) is 0 Å². The van der Waals surface area contributed by atoms with Gasteiger partial charge >= 0.3 is 0 Å². The first kappa shape index (κ1) is 27.6. The van der Waals surface area contributed by atoms with E-state index in [4.69, 9.17) is 4.74 Å². The Morgan fingerprint density at radius 3 is 1.93 bits per heavy atom. The zero-order valence-electron chi connectivity index (χ0n) is 20.2. The zero-order valence-corrected chi connectivity index (χ0v) is 20.2. The number of hydrogen-bond donors (Lipinski definition) is 2. The highest BCUT2D eigenvalue weighted by Crippen LogP contribution is 2.21. The number of hydrogen-bond acceptors (Lipinski definition) is 4. The van der Waals surface area contributed by atoms with Crippen molar-refractivity contribution in [2.75, 3.05) is 19.8 Å². The summed E-state index contributed by atoms with van der Waals surface area (Å²) in [6.45, 7) is 8.29. The van der Waals surface area contributed by atoms with Crippen LogP contribution < -0.4 is 0 Å². The van der Waals surface area contributed by atoms with Crippen molar-refractivity contribution in [1.29, 1.82) is 0 Å². The summed E-state index contributed by atoms with van der Waals surface area (Å²) >= 11 is 0. The molecule has 1 aliphatic rings. The van der Waals surface area contributed by atoms with E-state index < -0.39 is 12.2 Å². The normalized spacial score (nSPS) is 22.7. The van der Waals surface area contributed by atoms with E-state index in [1.807, 2.05) is 0 Å². The Balaban J connectivity index is 1.86. The number of allylic oxidation sites excluding steroid dienone is 2. The van der Waals surface area contributed by atoms with Crippen LogP contribution in [0.4, 0.5) is 0 Å². The molecule has 1 rings (SSSR count). The van der Waals surface area contributed by atoms with E-state index in [9.17, 15) is 10.2 Å². The van der Waals surface area contributed by atoms with Crippen molar-refractivity contribution < 1.29 is 14.9 Å². The van der Waals surface area contributed by atoms with Crippen molar-refractivity contribution in [2.24, 2.45) is 0 Å². The second kappa shape index (κ2) is 18.2. The number of likely N-dealkylation sites (tertiary alicyclic amines) is 1. The average Bonchev–Trinajstić information content (AvgIpc) is 3.01. The van der Waals surface area contributed by atoms with Gasteiger partial charge in [0.15, 0.2) is 0 Å². The number of aliphatic hydroxyl groups is 2. The lowest BCUT2D eigenvalue weighted by Crippen LogP contribution is -2.43. The highest BCUT2D eigenvalue weighted by molar-refractivity contribution is 4.94. The van der Waals surface area contributed by atoms with Crippen LogP contribution in [-0.4, -0.2) is 59.2 Å². The highest BCUT2D eigenvalue weighted by Gasteiger charge is 2.40. The summed E-state index contributed by atoms with van der Waals surface area (Å²) in [6, 6.07) is 0.241. The molecule has 2 N–H and O–H groups in total. The predicted molar refractivity (Wildman–Crippen MR) is 128 cm³/mol. The van der Waals surface area contributed by atoms with Crippen LogP contribution >= 0.6 is 0 Å². The van der Waals surface area contributed by atoms with Crippen molar-refractivity contribution >= 4 is 0 Å². The number of rotatable bonds is 19. The first-order valence-corrected chi connectivity index (χ1v) is 12.9. The van der Waals surface area contributed by atoms with Gasteiger partial charge in [-0.05, 0) is 46.0 Å². The van der Waals surface area contributed by atoms with Crippen LogP contribution in [0.2, 0.25) is 0 Å². The molecular formula is C26H51NO3. The summed E-state index contributed by atoms with van der Waals surface area (Å²) in [4.78, 5) is 2.15. The molecule has 0 aromatic heterocycles. The van der Waals surface area contributed by atoms with E-state index in [-0.39, 0.29) is 6.04 Å². The quantitative estimate of drug-likeness (QED) is 0.201. The molecule has 30 heavy (non-hydrogen) atoms. The van der Waals surface area contributed by atoms with Crippen molar-refractivity contribution in [1.82, 2.24) is 4.90 Å². The molecule has 0 spiro atoms. The molecule has 0 aromatic carbocycles. The average molecular weight is 426 g/mol. The van der Waals surface area contributed by atoms with Crippen molar-refractivity contribution in [3.05, 3.63) is 12.2 Å². The van der Waals surface area contributed by atoms with Crippen molar-refractivity contribution in [2.45, 2.75) is 135 Å². The minimum atomic E-state index is -0.688. The van der Waals surface area contributed by atoms with Gasteiger partial charge in [0, 0.05) is 19.2 Å². The molecule has 0 aromatic rings. The molecule has 3 atom stereocenters. The van der Waals surface area contributed by atoms with Crippen LogP contribution in [0.1, 0.15) is 111 Å². The molecule has 4 heteroatoms. The first-order valence-electron chi connectivity index (χ1n) is 12.9. The second-order valence-corrected chi connectivity index (χ2v) is 9.43. The molecule has 1 aliphatic heterocycles. The Kier molecular flexibility index (Phi) is 16.7. The Morgan fingerprint density at radius 2 is 1.37 bits per heavy atom. The maximum Gasteiger partial charge on any atom is 0.0988 e. The lowest BCUT2D eigenvalue weighted by atomic mass is 10.1. The number of β-amino-alcohol motifs (C(OH)–C–C–N with tert-alkyl or cyclic N) is 1. The van der Waals surface area contributed by atoms with Crippen molar-refractivity contribution in [3.8, 4) is 0 Å². The molecule has 0 saturated carbocycles. The molecule has 178 valence electrons. The van der Waals surface area contributed by atoms with E-state index >= 15 is 0 Å². The van der Waals surface area contributed by atoms with Gasteiger partial charge in [0.05, 0.1) is 24.9 Å². The number of unbranched alkanes of at least 4 members (excludes halogenated alkanes) is 12. The van der Waals surface area contributed by atoms with Crippen LogP contribution in [0, 0.1) is 0 Å². The lowest BCUT2D eigenvalue weighted by molar-refractivity contribution is -0.00228. The van der Waals surface area contributed by atoms with Crippen LogP contribution in [0.3, 0.4) is 0 Å². The maximum atomic E-state index is 10.1. The summed E-state index contributed by atoms with van der Waals surface area (Å²) in [5.74, 6) is 0. The Bertz CT molecular complexity index is 413. The van der Waals surface area contributed by atoms with Gasteiger partial charge in [-0.3, -0.25) is 4.90 Å². The summed E-state index contributed by atoms with van der Waals surface area (Å²) in [6.07, 6.45) is 21.8. The third kappa shape index (κ3) is 12.4. The second-order valence-electron chi connectivity index (χ2n) is 9.43. The zero-order chi connectivity index (χ0) is 22.0. The molecule has 0 aliphatic carbocycles. The molecule has 4 nitrogen and oxygen atoms in total. The van der Waals surface area contributed by atoms with E-state index in [0.29, 0.717) is 19.2 Å². The molecule has 1 heterocycles. The summed E-state index contributed by atoms with van der Waals surface area (Å²) in [5, 5.41) is 20.0. The number of ether oxygens (including phenoxy) is 1. The van der Waals surface area contributed by atoms with Crippen LogP contribution in [0.25, 0.3) is 0 Å². The Morgan fingerprint density at radius 1 is 0.833 bits per heavy atom. The first-order chi connectivity index (χ1) is 14.6. The molecular weight excluding hydrogens is 374 g/mol. The van der Waals surface area contributed by atoms with Gasteiger partial charge in [-0.2, -0.15) is 0 Å². The van der Waals surface area contributed by atoms with E-state index in [2.05, 4.69) is 37.8 Å². The van der Waals surface area contributed by atoms with Gasteiger partial charge in [-0.1, -0.05) is 76.9 Å². The Labute approximate surface area is 187 Å². The maximum absolute atomic E-state index is 10.1. The fourth-order valence-electron chi connectivity index (χ4n) is 4.36. The van der Waals surface area contributed by atoms with Gasteiger partial charge in [0.25, 0.3) is 0 Å². The molecule has 1 fully saturated rings. The summed E-state index contributed by atoms with van der Waals surface area (Å²) in [5.41, 5.74) is 0. The van der Waals surface area contributed by atoms with Gasteiger partial charge in [0.2, 0.25) is 0 Å². The largest absolute Gasteiger partial charge is 0.389 e. The third-order valence-corrected chi connectivity index (χ3v) is 6.36. The van der Waals surface area contributed by atoms with Crippen molar-refractivity contribution in [3.63, 3.8) is 0 Å². The summed E-state index contributed by atoms with van der Waals surface area (Å²) in [7, 11) is 0. The number of nitrogens with zero attached hydrogens (tertiary/aromatic N) is 1.